The summed E-state index contributed by atoms with van der Waals surface area (Å²) in [5, 5.41) is 7.32. The number of likely N-dealkylation sites (tertiary alicyclic amines) is 1. The number of carbonyl (C=O) groups excluding carboxylic acids is 1. The number of hydrogen-bond donors (Lipinski definition) is 1. The molecule has 1 saturated heterocycles. The maximum Gasteiger partial charge on any atom is 0.317 e. The van der Waals surface area contributed by atoms with Crippen molar-refractivity contribution in [2.75, 3.05) is 19.7 Å². The molecule has 0 radical (unpaired) electrons. The van der Waals surface area contributed by atoms with Crippen LogP contribution >= 0.6 is 0 Å². The van der Waals surface area contributed by atoms with Crippen molar-refractivity contribution in [3.63, 3.8) is 0 Å². The van der Waals surface area contributed by atoms with Gasteiger partial charge in [-0.15, -0.1) is 0 Å². The van der Waals surface area contributed by atoms with Crippen LogP contribution in [0.1, 0.15) is 42.5 Å². The van der Waals surface area contributed by atoms with Crippen LogP contribution in [0.2, 0.25) is 0 Å². The highest BCUT2D eigenvalue weighted by Gasteiger charge is 2.26. The Morgan fingerprint density at radius 1 is 1.26 bits per heavy atom. The minimum atomic E-state index is -0.0497. The van der Waals surface area contributed by atoms with Crippen LogP contribution in [-0.4, -0.2) is 46.4 Å². The van der Waals surface area contributed by atoms with Gasteiger partial charge in [0.1, 0.15) is 12.4 Å². The lowest BCUT2D eigenvalue weighted by Crippen LogP contribution is -2.48. The lowest BCUT2D eigenvalue weighted by molar-refractivity contribution is 0.171. The minimum absolute atomic E-state index is 0.00365. The molecular weight excluding hydrogens is 340 g/mol. The quantitative estimate of drug-likeness (QED) is 0.878. The first-order valence-corrected chi connectivity index (χ1v) is 9.68. The molecule has 2 heterocycles. The first kappa shape index (κ1) is 19.3. The van der Waals surface area contributed by atoms with Crippen LogP contribution < -0.4 is 10.1 Å². The van der Waals surface area contributed by atoms with Crippen molar-refractivity contribution in [2.24, 2.45) is 7.05 Å². The monoisotopic (exact) mass is 370 g/mol. The van der Waals surface area contributed by atoms with Crippen LogP contribution in [-0.2, 0) is 7.05 Å². The Morgan fingerprint density at radius 2 is 1.93 bits per heavy atom. The second-order valence-corrected chi connectivity index (χ2v) is 7.52. The number of amides is 2. The summed E-state index contributed by atoms with van der Waals surface area (Å²) in [5.74, 6) is 1.39. The highest BCUT2D eigenvalue weighted by atomic mass is 16.5. The first-order valence-electron chi connectivity index (χ1n) is 9.68. The summed E-state index contributed by atoms with van der Waals surface area (Å²) in [4.78, 5) is 14.5. The van der Waals surface area contributed by atoms with Gasteiger partial charge in [-0.2, -0.15) is 5.10 Å². The lowest BCUT2D eigenvalue weighted by Gasteiger charge is -2.33. The first-order chi connectivity index (χ1) is 13.0. The zero-order chi connectivity index (χ0) is 19.4. The van der Waals surface area contributed by atoms with Gasteiger partial charge in [0.2, 0.25) is 0 Å². The largest absolute Gasteiger partial charge is 0.491 e. The van der Waals surface area contributed by atoms with Crippen molar-refractivity contribution in [1.29, 1.82) is 0 Å². The number of carbonyl (C=O) groups is 1. The second-order valence-electron chi connectivity index (χ2n) is 7.52. The number of nitrogens with zero attached hydrogens (tertiary/aromatic N) is 3. The lowest BCUT2D eigenvalue weighted by atomic mass is 9.93. The van der Waals surface area contributed by atoms with Gasteiger partial charge >= 0.3 is 6.03 Å². The topological polar surface area (TPSA) is 59.4 Å². The van der Waals surface area contributed by atoms with Gasteiger partial charge in [0.15, 0.2) is 0 Å². The van der Waals surface area contributed by atoms with Crippen molar-refractivity contribution < 1.29 is 9.53 Å². The summed E-state index contributed by atoms with van der Waals surface area (Å²) < 4.78 is 7.89. The van der Waals surface area contributed by atoms with E-state index in [1.165, 1.54) is 5.69 Å². The Balaban J connectivity index is 1.46. The van der Waals surface area contributed by atoms with Crippen LogP contribution in [0.3, 0.4) is 0 Å². The molecular formula is C21H30N4O2. The number of benzene rings is 1. The Labute approximate surface area is 161 Å². The molecule has 2 amide bonds. The number of aryl methyl sites for hydroxylation is 3. The van der Waals surface area contributed by atoms with E-state index in [0.717, 1.165) is 42.8 Å². The van der Waals surface area contributed by atoms with Crippen LogP contribution in [0.25, 0.3) is 0 Å². The van der Waals surface area contributed by atoms with E-state index in [1.54, 1.807) is 0 Å². The number of urea groups is 1. The third kappa shape index (κ3) is 4.62. The summed E-state index contributed by atoms with van der Waals surface area (Å²) in [6.07, 6.45) is 3.78. The van der Waals surface area contributed by atoms with Gasteiger partial charge in [0.05, 0.1) is 6.04 Å². The molecule has 0 aliphatic carbocycles. The normalized spacial score (nSPS) is 16.2. The van der Waals surface area contributed by atoms with Gasteiger partial charge in [-0.25, -0.2) is 4.79 Å². The average Bonchev–Trinajstić information content (AvgIpc) is 3.07. The summed E-state index contributed by atoms with van der Waals surface area (Å²) in [7, 11) is 1.98. The summed E-state index contributed by atoms with van der Waals surface area (Å²) >= 11 is 0. The summed E-state index contributed by atoms with van der Waals surface area (Å²) in [6.45, 7) is 8.06. The van der Waals surface area contributed by atoms with Crippen molar-refractivity contribution in [3.05, 3.63) is 47.3 Å². The molecule has 1 aliphatic rings. The number of piperidine rings is 1. The highest BCUT2D eigenvalue weighted by Crippen LogP contribution is 2.27. The maximum atomic E-state index is 12.6. The number of aromatic nitrogens is 2. The molecule has 146 valence electrons. The minimum Gasteiger partial charge on any atom is -0.491 e. The smallest absolute Gasteiger partial charge is 0.317 e. The maximum absolute atomic E-state index is 12.6. The SMILES string of the molecule is Cc1cccc(C)c1OCC(C)NC(=O)N1CCC(c2ccnn2C)CC1. The molecule has 3 rings (SSSR count). The van der Waals surface area contributed by atoms with Gasteiger partial charge in [0, 0.05) is 37.9 Å². The number of ether oxygens (including phenoxy) is 1. The van der Waals surface area contributed by atoms with Gasteiger partial charge in [-0.3, -0.25) is 4.68 Å². The van der Waals surface area contributed by atoms with E-state index in [9.17, 15) is 4.79 Å². The Bertz CT molecular complexity index is 758. The van der Waals surface area contributed by atoms with Crippen molar-refractivity contribution in [2.45, 2.75) is 45.6 Å². The Hall–Kier alpha value is -2.50. The van der Waals surface area contributed by atoms with E-state index in [0.29, 0.717) is 12.5 Å². The Morgan fingerprint density at radius 3 is 2.52 bits per heavy atom. The van der Waals surface area contributed by atoms with E-state index in [1.807, 2.05) is 61.8 Å². The highest BCUT2D eigenvalue weighted by molar-refractivity contribution is 5.74. The van der Waals surface area contributed by atoms with Crippen LogP contribution in [0, 0.1) is 13.8 Å². The van der Waals surface area contributed by atoms with E-state index in [-0.39, 0.29) is 12.1 Å². The Kier molecular flexibility index (Phi) is 6.04. The molecule has 1 aliphatic heterocycles. The molecule has 1 aromatic carbocycles. The molecule has 0 saturated carbocycles. The van der Waals surface area contributed by atoms with Gasteiger partial charge in [-0.05, 0) is 50.8 Å². The molecule has 1 N–H and O–H groups in total. The zero-order valence-corrected chi connectivity index (χ0v) is 16.7. The van der Waals surface area contributed by atoms with Crippen LogP contribution in [0.15, 0.2) is 30.5 Å². The fourth-order valence-corrected chi connectivity index (χ4v) is 3.74. The molecule has 0 spiro atoms. The molecule has 27 heavy (non-hydrogen) atoms. The van der Waals surface area contributed by atoms with Gasteiger partial charge in [-0.1, -0.05) is 18.2 Å². The number of rotatable bonds is 5. The van der Waals surface area contributed by atoms with Crippen LogP contribution in [0.5, 0.6) is 5.75 Å². The van der Waals surface area contributed by atoms with E-state index < -0.39 is 0 Å². The van der Waals surface area contributed by atoms with Crippen molar-refractivity contribution in [1.82, 2.24) is 20.0 Å². The number of nitrogens with one attached hydrogen (secondary N) is 1. The third-order valence-corrected chi connectivity index (χ3v) is 5.32. The van der Waals surface area contributed by atoms with E-state index in [4.69, 9.17) is 4.74 Å². The zero-order valence-electron chi connectivity index (χ0n) is 16.7. The summed E-state index contributed by atoms with van der Waals surface area (Å²) in [5.41, 5.74) is 3.49. The van der Waals surface area contributed by atoms with Crippen LogP contribution in [0.4, 0.5) is 4.79 Å². The molecule has 0 bridgehead atoms. The summed E-state index contributed by atoms with van der Waals surface area (Å²) in [6, 6.07) is 8.13. The van der Waals surface area contributed by atoms with Gasteiger partial charge in [0.25, 0.3) is 0 Å². The standard InChI is InChI=1S/C21H30N4O2/c1-15-6-5-7-16(2)20(15)27-14-17(3)23-21(26)25-12-9-18(10-13-25)19-8-11-22-24(19)4/h5-8,11,17-18H,9-10,12-14H2,1-4H3,(H,23,26). The predicted molar refractivity (Wildman–Crippen MR) is 106 cm³/mol. The third-order valence-electron chi connectivity index (χ3n) is 5.32. The predicted octanol–water partition coefficient (Wildman–Crippen LogP) is 3.39. The molecule has 1 unspecified atom stereocenters. The number of para-hydroxylation sites is 1. The molecule has 1 aromatic heterocycles. The van der Waals surface area contributed by atoms with E-state index >= 15 is 0 Å². The fraction of sp³-hybridized carbons (Fsp3) is 0.524. The molecule has 2 aromatic rings. The van der Waals surface area contributed by atoms with Crippen molar-refractivity contribution >= 4 is 6.03 Å². The molecule has 1 fully saturated rings. The molecule has 6 nitrogen and oxygen atoms in total. The van der Waals surface area contributed by atoms with E-state index in [2.05, 4.69) is 16.5 Å². The number of hydrogen-bond acceptors (Lipinski definition) is 3. The second kappa shape index (κ2) is 8.46. The molecule has 1 atom stereocenters. The average molecular weight is 370 g/mol. The van der Waals surface area contributed by atoms with Gasteiger partial charge < -0.3 is 15.0 Å². The fourth-order valence-electron chi connectivity index (χ4n) is 3.74. The van der Waals surface area contributed by atoms with Crippen molar-refractivity contribution in [3.8, 4) is 5.75 Å². The molecule has 6 heteroatoms.